The van der Waals surface area contributed by atoms with Crippen LogP contribution in [0.25, 0.3) is 55.3 Å². The van der Waals surface area contributed by atoms with Gasteiger partial charge in [-0.15, -0.1) is 0 Å². The van der Waals surface area contributed by atoms with Gasteiger partial charge in [0.2, 0.25) is 0 Å². The third-order valence-electron chi connectivity index (χ3n) is 12.3. The number of nitrogens with zero attached hydrogens (tertiary/aromatic N) is 1. The normalized spacial score (nSPS) is 12.5. The van der Waals surface area contributed by atoms with Crippen LogP contribution in [0.1, 0.15) is 22.3 Å². The molecule has 1 aliphatic rings. The fraction of sp³-hybridized carbons (Fsp3) is 0.0169. The number of hydrogen-bond donors (Lipinski definition) is 0. The van der Waals surface area contributed by atoms with Crippen molar-refractivity contribution in [1.29, 1.82) is 0 Å². The second kappa shape index (κ2) is 14.9. The molecule has 1 aliphatic carbocycles. The minimum absolute atomic E-state index is 0.482. The quantitative estimate of drug-likeness (QED) is 0.149. The van der Waals surface area contributed by atoms with Crippen LogP contribution in [-0.2, 0) is 5.41 Å². The maximum Gasteiger partial charge on any atom is 0.0714 e. The molecule has 10 aromatic rings. The zero-order valence-corrected chi connectivity index (χ0v) is 33.1. The first-order valence-corrected chi connectivity index (χ1v) is 20.8. The largest absolute Gasteiger partial charge is 0.310 e. The number of benzene rings is 10. The van der Waals surface area contributed by atoms with Gasteiger partial charge in [-0.2, -0.15) is 0 Å². The second-order valence-corrected chi connectivity index (χ2v) is 15.6. The SMILES string of the molecule is c1ccc(-c2ccccc2N(c2ccccc2)c2ccc(-c3cccc(-c4ccc5c(c4)C(c4ccccc4)(c4ccccc4)c4ccc6ccccc6c4-5)c3)cc2)cc1. The standard InChI is InChI=1S/C59H41N/c1-5-18-43(19-6-1)52-29-15-16-31-57(52)60(50-27-11-4-12-28-50)51-36-32-42(33-37-51)45-21-17-22-46(40-45)47-34-38-54-56(41-47)59(48-23-7-2-8-24-48,49-25-9-3-10-26-49)55-39-35-44-20-13-14-30-53(44)58(54)55/h1-41H. The van der Waals surface area contributed by atoms with Crippen LogP contribution in [-0.4, -0.2) is 0 Å². The summed E-state index contributed by atoms with van der Waals surface area (Å²) in [5.74, 6) is 0. The molecule has 11 rings (SSSR count). The summed E-state index contributed by atoms with van der Waals surface area (Å²) in [5.41, 5.74) is 17.8. The van der Waals surface area contributed by atoms with Crippen LogP contribution in [0.2, 0.25) is 0 Å². The van der Waals surface area contributed by atoms with Crippen LogP contribution >= 0.6 is 0 Å². The smallest absolute Gasteiger partial charge is 0.0714 e. The van der Waals surface area contributed by atoms with E-state index in [4.69, 9.17) is 0 Å². The van der Waals surface area contributed by atoms with E-state index < -0.39 is 5.41 Å². The van der Waals surface area contributed by atoms with Gasteiger partial charge in [0, 0.05) is 16.9 Å². The Morgan fingerprint density at radius 3 is 1.55 bits per heavy atom. The van der Waals surface area contributed by atoms with Crippen LogP contribution in [0, 0.1) is 0 Å². The van der Waals surface area contributed by atoms with E-state index in [2.05, 4.69) is 254 Å². The highest BCUT2D eigenvalue weighted by Crippen LogP contribution is 2.58. The maximum atomic E-state index is 2.47. The van der Waals surface area contributed by atoms with Gasteiger partial charge in [-0.25, -0.2) is 0 Å². The van der Waals surface area contributed by atoms with Gasteiger partial charge >= 0.3 is 0 Å². The van der Waals surface area contributed by atoms with Gasteiger partial charge in [-0.3, -0.25) is 0 Å². The average molecular weight is 764 g/mol. The topological polar surface area (TPSA) is 3.24 Å². The predicted octanol–water partition coefficient (Wildman–Crippen LogP) is 15.7. The van der Waals surface area contributed by atoms with Crippen molar-refractivity contribution in [3.63, 3.8) is 0 Å². The highest BCUT2D eigenvalue weighted by atomic mass is 15.1. The predicted molar refractivity (Wildman–Crippen MR) is 252 cm³/mol. The van der Waals surface area contributed by atoms with Crippen molar-refractivity contribution in [2.24, 2.45) is 0 Å². The molecule has 0 atom stereocenters. The van der Waals surface area contributed by atoms with E-state index in [9.17, 15) is 0 Å². The van der Waals surface area contributed by atoms with E-state index in [1.807, 2.05) is 0 Å². The molecule has 0 aliphatic heterocycles. The molecule has 0 aromatic heterocycles. The van der Waals surface area contributed by atoms with Gasteiger partial charge < -0.3 is 4.90 Å². The molecule has 0 N–H and O–H groups in total. The van der Waals surface area contributed by atoms with E-state index in [0.29, 0.717) is 0 Å². The Labute approximate surface area is 352 Å². The Kier molecular flexibility index (Phi) is 8.79. The van der Waals surface area contributed by atoms with Crippen LogP contribution < -0.4 is 4.90 Å². The molecule has 0 saturated heterocycles. The molecular formula is C59H41N. The van der Waals surface area contributed by atoms with Crippen LogP contribution in [0.4, 0.5) is 17.1 Å². The highest BCUT2D eigenvalue weighted by molar-refractivity contribution is 6.04. The Hall–Kier alpha value is -7.74. The summed E-state index contributed by atoms with van der Waals surface area (Å²) in [6.07, 6.45) is 0. The number of rotatable bonds is 8. The molecule has 0 amide bonds. The van der Waals surface area contributed by atoms with Gasteiger partial charge in [-0.05, 0) is 114 Å². The van der Waals surface area contributed by atoms with Crippen molar-refractivity contribution in [3.05, 3.63) is 271 Å². The maximum absolute atomic E-state index is 2.47. The first kappa shape index (κ1) is 35.4. The molecule has 0 bridgehead atoms. The van der Waals surface area contributed by atoms with Crippen LogP contribution in [0.15, 0.2) is 249 Å². The molecule has 282 valence electrons. The first-order valence-electron chi connectivity index (χ1n) is 20.8. The molecule has 1 heteroatoms. The minimum atomic E-state index is -0.482. The lowest BCUT2D eigenvalue weighted by atomic mass is 9.67. The Morgan fingerprint density at radius 1 is 0.300 bits per heavy atom. The van der Waals surface area contributed by atoms with Crippen molar-refractivity contribution in [2.75, 3.05) is 4.90 Å². The summed E-state index contributed by atoms with van der Waals surface area (Å²) in [6, 6.07) is 90.9. The summed E-state index contributed by atoms with van der Waals surface area (Å²) in [4.78, 5) is 2.36. The monoisotopic (exact) mass is 763 g/mol. The fourth-order valence-corrected chi connectivity index (χ4v) is 9.65. The van der Waals surface area contributed by atoms with Crippen molar-refractivity contribution < 1.29 is 0 Å². The number of para-hydroxylation sites is 2. The lowest BCUT2D eigenvalue weighted by molar-refractivity contribution is 0.769. The molecule has 0 unspecified atom stereocenters. The van der Waals surface area contributed by atoms with E-state index in [-0.39, 0.29) is 0 Å². The van der Waals surface area contributed by atoms with E-state index in [1.54, 1.807) is 0 Å². The third kappa shape index (κ3) is 5.86. The van der Waals surface area contributed by atoms with E-state index in [1.165, 1.54) is 77.5 Å². The van der Waals surface area contributed by atoms with Gasteiger partial charge in [-0.1, -0.05) is 206 Å². The third-order valence-corrected chi connectivity index (χ3v) is 12.3. The summed E-state index contributed by atoms with van der Waals surface area (Å²) in [7, 11) is 0. The number of hydrogen-bond acceptors (Lipinski definition) is 1. The molecule has 0 radical (unpaired) electrons. The Balaban J connectivity index is 1.02. The zero-order chi connectivity index (χ0) is 39.9. The molecule has 1 nitrogen and oxygen atoms in total. The van der Waals surface area contributed by atoms with Crippen molar-refractivity contribution in [2.45, 2.75) is 5.41 Å². The van der Waals surface area contributed by atoms with Crippen LogP contribution in [0.3, 0.4) is 0 Å². The highest BCUT2D eigenvalue weighted by Gasteiger charge is 2.46. The van der Waals surface area contributed by atoms with Gasteiger partial charge in [0.05, 0.1) is 11.1 Å². The first-order chi connectivity index (χ1) is 29.8. The lowest BCUT2D eigenvalue weighted by Crippen LogP contribution is -2.28. The summed E-state index contributed by atoms with van der Waals surface area (Å²) < 4.78 is 0. The van der Waals surface area contributed by atoms with Gasteiger partial charge in [0.15, 0.2) is 0 Å². The number of anilines is 3. The van der Waals surface area contributed by atoms with E-state index in [0.717, 1.165) is 17.1 Å². The molecule has 0 spiro atoms. The van der Waals surface area contributed by atoms with Gasteiger partial charge in [0.25, 0.3) is 0 Å². The zero-order valence-electron chi connectivity index (χ0n) is 33.1. The average Bonchev–Trinajstić information content (AvgIpc) is 3.64. The fourth-order valence-electron chi connectivity index (χ4n) is 9.65. The van der Waals surface area contributed by atoms with Gasteiger partial charge in [0.1, 0.15) is 0 Å². The summed E-state index contributed by atoms with van der Waals surface area (Å²) in [5, 5.41) is 2.55. The second-order valence-electron chi connectivity index (χ2n) is 15.6. The van der Waals surface area contributed by atoms with Crippen molar-refractivity contribution in [3.8, 4) is 44.5 Å². The van der Waals surface area contributed by atoms with E-state index >= 15 is 0 Å². The summed E-state index contributed by atoms with van der Waals surface area (Å²) >= 11 is 0. The molecule has 10 aromatic carbocycles. The molecule has 0 fully saturated rings. The minimum Gasteiger partial charge on any atom is -0.310 e. The molecule has 0 saturated carbocycles. The molecule has 60 heavy (non-hydrogen) atoms. The Bertz CT molecular complexity index is 3080. The summed E-state index contributed by atoms with van der Waals surface area (Å²) in [6.45, 7) is 0. The van der Waals surface area contributed by atoms with Crippen molar-refractivity contribution in [1.82, 2.24) is 0 Å². The van der Waals surface area contributed by atoms with Crippen LogP contribution in [0.5, 0.6) is 0 Å². The molecule has 0 heterocycles. The molecular weight excluding hydrogens is 723 g/mol. The Morgan fingerprint density at radius 2 is 0.833 bits per heavy atom. The number of fused-ring (bicyclic) bond motifs is 5. The lowest BCUT2D eigenvalue weighted by Gasteiger charge is -2.34. The van der Waals surface area contributed by atoms with Crippen molar-refractivity contribution >= 4 is 27.8 Å².